The van der Waals surface area contributed by atoms with Crippen LogP contribution in [0.4, 0.5) is 4.39 Å². The third-order valence-electron chi connectivity index (χ3n) is 9.99. The van der Waals surface area contributed by atoms with Gasteiger partial charge >= 0.3 is 5.97 Å². The summed E-state index contributed by atoms with van der Waals surface area (Å²) >= 11 is 1.89. The van der Waals surface area contributed by atoms with Crippen LogP contribution in [-0.4, -0.2) is 71.2 Å². The van der Waals surface area contributed by atoms with Crippen molar-refractivity contribution >= 4 is 17.3 Å². The number of halogens is 1. The number of likely N-dealkylation sites (N-methyl/N-ethyl adjacent to an activating group) is 1. The molecule has 0 bridgehead atoms. The lowest BCUT2D eigenvalue weighted by molar-refractivity contribution is -0.145. The molecule has 3 unspecified atom stereocenters. The zero-order chi connectivity index (χ0) is 32.1. The number of piperidine rings is 1. The average molecular weight is 636 g/mol. The van der Waals surface area contributed by atoms with Gasteiger partial charge in [0.15, 0.2) is 0 Å². The van der Waals surface area contributed by atoms with E-state index in [4.69, 9.17) is 9.72 Å². The van der Waals surface area contributed by atoms with Crippen LogP contribution < -0.4 is 4.74 Å². The molecule has 2 aromatic carbocycles. The SMILES string of the molecule is CCOc1ccc(Cc2nc(CC)c(C3CCN(CC4CC(N(C)[C@@H](C(=O)O)C(C)C)CC4c4cccc(F)c4)CC3)s2)cc1. The predicted octanol–water partition coefficient (Wildman–Crippen LogP) is 7.62. The Bertz CT molecular complexity index is 1400. The second-order valence-corrected chi connectivity index (χ2v) is 14.5. The molecule has 5 rings (SSSR count). The minimum absolute atomic E-state index is 0.0133. The van der Waals surface area contributed by atoms with Gasteiger partial charge in [-0.2, -0.15) is 0 Å². The largest absolute Gasteiger partial charge is 0.494 e. The monoisotopic (exact) mass is 635 g/mol. The van der Waals surface area contributed by atoms with Crippen LogP contribution in [0, 0.1) is 17.7 Å². The second kappa shape index (κ2) is 15.2. The van der Waals surface area contributed by atoms with Gasteiger partial charge in [0.25, 0.3) is 0 Å². The van der Waals surface area contributed by atoms with E-state index < -0.39 is 12.0 Å². The standard InChI is InChI=1S/C37H50FN3O3S/c1-6-33-36(45-34(39-33)19-25-11-13-31(14-12-25)44-7-2)26-15-17-41(18-16-26)23-28-21-30(40(5)35(24(3)4)37(42)43)22-32(28)27-9-8-10-29(38)20-27/h8-14,20,24,26,28,30,32,35H,6-7,15-19,21-23H2,1-5H3,(H,42,43)/t28?,30?,32?,35-/m1/s1. The number of thiazole rings is 1. The molecule has 4 atom stereocenters. The van der Waals surface area contributed by atoms with Crippen molar-refractivity contribution in [2.24, 2.45) is 11.8 Å². The molecule has 1 saturated carbocycles. The lowest BCUT2D eigenvalue weighted by atomic mass is 9.87. The summed E-state index contributed by atoms with van der Waals surface area (Å²) in [5.41, 5.74) is 3.55. The average Bonchev–Trinajstić information content (AvgIpc) is 3.62. The second-order valence-electron chi connectivity index (χ2n) is 13.3. The Balaban J connectivity index is 1.24. The number of aryl methyl sites for hydroxylation is 1. The smallest absolute Gasteiger partial charge is 0.321 e. The van der Waals surface area contributed by atoms with Crippen LogP contribution in [0.1, 0.15) is 91.9 Å². The molecule has 3 aromatic rings. The lowest BCUT2D eigenvalue weighted by Crippen LogP contribution is -2.47. The topological polar surface area (TPSA) is 65.9 Å². The van der Waals surface area contributed by atoms with Gasteiger partial charge in [-0.15, -0.1) is 11.3 Å². The Morgan fingerprint density at radius 1 is 1.13 bits per heavy atom. The molecule has 244 valence electrons. The molecule has 1 aromatic heterocycles. The Labute approximate surface area is 272 Å². The van der Waals surface area contributed by atoms with Crippen LogP contribution in [0.5, 0.6) is 5.75 Å². The number of rotatable bonds is 13. The van der Waals surface area contributed by atoms with E-state index in [-0.39, 0.29) is 23.7 Å². The van der Waals surface area contributed by atoms with Gasteiger partial charge in [0, 0.05) is 23.9 Å². The van der Waals surface area contributed by atoms with Crippen molar-refractivity contribution in [3.05, 3.63) is 81.1 Å². The molecule has 2 heterocycles. The van der Waals surface area contributed by atoms with Gasteiger partial charge in [0.2, 0.25) is 0 Å². The number of ether oxygens (including phenoxy) is 1. The van der Waals surface area contributed by atoms with Crippen LogP contribution in [0.15, 0.2) is 48.5 Å². The molecule has 0 spiro atoms. The number of benzene rings is 2. The zero-order valence-electron chi connectivity index (χ0n) is 27.5. The first-order chi connectivity index (χ1) is 21.7. The number of likely N-dealkylation sites (tertiary alicyclic amines) is 1. The molecule has 0 radical (unpaired) electrons. The van der Waals surface area contributed by atoms with Crippen molar-refractivity contribution in [2.45, 2.75) is 90.1 Å². The summed E-state index contributed by atoms with van der Waals surface area (Å²) in [6.45, 7) is 11.9. The molecule has 1 N–H and O–H groups in total. The van der Waals surface area contributed by atoms with E-state index in [2.05, 4.69) is 28.9 Å². The van der Waals surface area contributed by atoms with Crippen molar-refractivity contribution in [3.63, 3.8) is 0 Å². The third-order valence-corrected chi connectivity index (χ3v) is 11.3. The molecule has 1 aliphatic heterocycles. The normalized spacial score (nSPS) is 21.9. The Hall–Kier alpha value is -2.81. The molecule has 2 fully saturated rings. The molecule has 8 heteroatoms. The summed E-state index contributed by atoms with van der Waals surface area (Å²) in [6.07, 6.45) is 5.82. The van der Waals surface area contributed by atoms with E-state index >= 15 is 0 Å². The highest BCUT2D eigenvalue weighted by atomic mass is 32.1. The number of carboxylic acids is 1. The lowest BCUT2D eigenvalue weighted by Gasteiger charge is -2.35. The summed E-state index contributed by atoms with van der Waals surface area (Å²) in [5, 5.41) is 11.2. The third kappa shape index (κ3) is 8.13. The quantitative estimate of drug-likeness (QED) is 0.209. The maximum atomic E-state index is 14.3. The van der Waals surface area contributed by atoms with E-state index in [0.717, 1.165) is 69.5 Å². The minimum Gasteiger partial charge on any atom is -0.494 e. The van der Waals surface area contributed by atoms with Crippen LogP contribution in [-0.2, 0) is 17.6 Å². The molecule has 6 nitrogen and oxygen atoms in total. The van der Waals surface area contributed by atoms with Gasteiger partial charge in [-0.25, -0.2) is 9.37 Å². The molecule has 1 aliphatic carbocycles. The summed E-state index contributed by atoms with van der Waals surface area (Å²) in [4.78, 5) is 23.4. The molecule has 0 amide bonds. The van der Waals surface area contributed by atoms with Crippen molar-refractivity contribution < 1.29 is 19.0 Å². The summed E-state index contributed by atoms with van der Waals surface area (Å²) in [5.74, 6) is 1.05. The van der Waals surface area contributed by atoms with E-state index in [1.165, 1.54) is 27.2 Å². The number of carbonyl (C=O) groups is 1. The fourth-order valence-electron chi connectivity index (χ4n) is 7.75. The summed E-state index contributed by atoms with van der Waals surface area (Å²) < 4.78 is 19.9. The highest BCUT2D eigenvalue weighted by molar-refractivity contribution is 7.11. The molecular formula is C37H50FN3O3S. The Morgan fingerprint density at radius 2 is 1.87 bits per heavy atom. The van der Waals surface area contributed by atoms with Crippen LogP contribution in [0.25, 0.3) is 0 Å². The number of hydrogen-bond acceptors (Lipinski definition) is 6. The highest BCUT2D eigenvalue weighted by Crippen LogP contribution is 2.44. The number of aliphatic carboxylic acids is 1. The summed E-state index contributed by atoms with van der Waals surface area (Å²) in [7, 11) is 1.96. The van der Waals surface area contributed by atoms with Gasteiger partial charge in [0.1, 0.15) is 17.6 Å². The van der Waals surface area contributed by atoms with Gasteiger partial charge < -0.3 is 14.7 Å². The van der Waals surface area contributed by atoms with Gasteiger partial charge in [-0.1, -0.05) is 45.0 Å². The van der Waals surface area contributed by atoms with Gasteiger partial charge in [-0.05, 0) is 118 Å². The number of nitrogens with zero attached hydrogens (tertiary/aromatic N) is 3. The minimum atomic E-state index is -0.766. The molecule has 45 heavy (non-hydrogen) atoms. The predicted molar refractivity (Wildman–Crippen MR) is 180 cm³/mol. The van der Waals surface area contributed by atoms with E-state index in [1.54, 1.807) is 6.07 Å². The highest BCUT2D eigenvalue weighted by Gasteiger charge is 2.42. The Morgan fingerprint density at radius 3 is 2.49 bits per heavy atom. The van der Waals surface area contributed by atoms with E-state index in [9.17, 15) is 14.3 Å². The van der Waals surface area contributed by atoms with Crippen LogP contribution >= 0.6 is 11.3 Å². The fourth-order valence-corrected chi connectivity index (χ4v) is 9.11. The van der Waals surface area contributed by atoms with Crippen LogP contribution in [0.3, 0.4) is 0 Å². The van der Waals surface area contributed by atoms with E-state index in [0.29, 0.717) is 18.4 Å². The maximum absolute atomic E-state index is 14.3. The first-order valence-corrected chi connectivity index (χ1v) is 17.6. The van der Waals surface area contributed by atoms with Crippen molar-refractivity contribution in [3.8, 4) is 5.75 Å². The molecule has 1 saturated heterocycles. The van der Waals surface area contributed by atoms with Crippen molar-refractivity contribution in [1.29, 1.82) is 0 Å². The van der Waals surface area contributed by atoms with Crippen molar-refractivity contribution in [1.82, 2.24) is 14.8 Å². The van der Waals surface area contributed by atoms with Gasteiger partial charge in [0.05, 0.1) is 17.3 Å². The Kier molecular flexibility index (Phi) is 11.3. The summed E-state index contributed by atoms with van der Waals surface area (Å²) in [6, 6.07) is 15.1. The van der Waals surface area contributed by atoms with Crippen molar-refractivity contribution in [2.75, 3.05) is 33.3 Å². The molecular weight excluding hydrogens is 585 g/mol. The number of aromatic nitrogens is 1. The van der Waals surface area contributed by atoms with Gasteiger partial charge in [-0.3, -0.25) is 9.69 Å². The van der Waals surface area contributed by atoms with E-state index in [1.807, 2.05) is 63.4 Å². The number of carboxylic acid groups (broad SMARTS) is 1. The number of hydrogen-bond donors (Lipinski definition) is 1. The first kappa shape index (κ1) is 33.6. The molecule has 2 aliphatic rings. The van der Waals surface area contributed by atoms with Crippen LogP contribution in [0.2, 0.25) is 0 Å². The fraction of sp³-hybridized carbons (Fsp3) is 0.568. The zero-order valence-corrected chi connectivity index (χ0v) is 28.4. The maximum Gasteiger partial charge on any atom is 0.321 e. The first-order valence-electron chi connectivity index (χ1n) is 16.8.